The standard InChI is InChI=1S/C19H17N3O2S2/c1-12-8-9-15(13(2)10-12)16(23)11-25-19-22-21-18(26-19)20-17(24)14-6-4-3-5-7-14/h3-10H,11H2,1-2H3,(H,20,21,24). The predicted octanol–water partition coefficient (Wildman–Crippen LogP) is 4.38. The molecule has 0 radical (unpaired) electrons. The molecule has 26 heavy (non-hydrogen) atoms. The van der Waals surface area contributed by atoms with Gasteiger partial charge < -0.3 is 0 Å². The van der Waals surface area contributed by atoms with E-state index >= 15 is 0 Å². The molecule has 0 aliphatic rings. The maximum Gasteiger partial charge on any atom is 0.257 e. The first-order valence-corrected chi connectivity index (χ1v) is 9.76. The second-order valence-corrected chi connectivity index (χ2v) is 7.92. The van der Waals surface area contributed by atoms with Crippen LogP contribution in [0.2, 0.25) is 0 Å². The molecule has 0 bridgehead atoms. The molecular formula is C19H17N3O2S2. The SMILES string of the molecule is Cc1ccc(C(=O)CSc2nnc(NC(=O)c3ccccc3)s2)c(C)c1. The molecule has 5 nitrogen and oxygen atoms in total. The number of benzene rings is 2. The largest absolute Gasteiger partial charge is 0.296 e. The fraction of sp³-hybridized carbons (Fsp3) is 0.158. The first-order valence-electron chi connectivity index (χ1n) is 7.96. The van der Waals surface area contributed by atoms with Crippen molar-refractivity contribution in [2.45, 2.75) is 18.2 Å². The fourth-order valence-electron chi connectivity index (χ4n) is 2.41. The van der Waals surface area contributed by atoms with E-state index in [1.807, 2.05) is 38.1 Å². The number of Topliss-reactive ketones (excluding diaryl/α,β-unsaturated/α-hetero) is 1. The van der Waals surface area contributed by atoms with Gasteiger partial charge in [-0.15, -0.1) is 10.2 Å². The summed E-state index contributed by atoms with van der Waals surface area (Å²) in [7, 11) is 0. The Morgan fingerprint density at radius 1 is 1.08 bits per heavy atom. The van der Waals surface area contributed by atoms with Crippen LogP contribution < -0.4 is 5.32 Å². The molecule has 1 amide bonds. The summed E-state index contributed by atoms with van der Waals surface area (Å²) in [6, 6.07) is 14.7. The normalized spacial score (nSPS) is 10.5. The van der Waals surface area contributed by atoms with Crippen molar-refractivity contribution in [3.8, 4) is 0 Å². The third-order valence-electron chi connectivity index (χ3n) is 3.67. The molecule has 1 N–H and O–H groups in total. The number of carbonyl (C=O) groups is 2. The number of hydrogen-bond donors (Lipinski definition) is 1. The van der Waals surface area contributed by atoms with E-state index in [9.17, 15) is 9.59 Å². The number of thioether (sulfide) groups is 1. The molecule has 1 heterocycles. The van der Waals surface area contributed by atoms with E-state index in [1.54, 1.807) is 24.3 Å². The van der Waals surface area contributed by atoms with Crippen LogP contribution in [0, 0.1) is 13.8 Å². The highest BCUT2D eigenvalue weighted by molar-refractivity contribution is 8.01. The number of hydrogen-bond acceptors (Lipinski definition) is 6. The molecule has 7 heteroatoms. The van der Waals surface area contributed by atoms with Gasteiger partial charge in [-0.25, -0.2) is 0 Å². The Labute approximate surface area is 159 Å². The topological polar surface area (TPSA) is 72.0 Å². The minimum atomic E-state index is -0.232. The first kappa shape index (κ1) is 18.3. The molecule has 2 aromatic carbocycles. The zero-order valence-corrected chi connectivity index (χ0v) is 16.0. The van der Waals surface area contributed by atoms with Gasteiger partial charge in [0.05, 0.1) is 5.75 Å². The molecular weight excluding hydrogens is 366 g/mol. The average Bonchev–Trinajstić information content (AvgIpc) is 3.08. The van der Waals surface area contributed by atoms with E-state index in [-0.39, 0.29) is 17.4 Å². The number of aromatic nitrogens is 2. The van der Waals surface area contributed by atoms with Crippen molar-refractivity contribution < 1.29 is 9.59 Å². The number of aryl methyl sites for hydroxylation is 2. The van der Waals surface area contributed by atoms with Crippen molar-refractivity contribution in [1.82, 2.24) is 10.2 Å². The summed E-state index contributed by atoms with van der Waals surface area (Å²) in [4.78, 5) is 24.5. The summed E-state index contributed by atoms with van der Waals surface area (Å²) in [5.74, 6) is 0.104. The maximum absolute atomic E-state index is 12.4. The van der Waals surface area contributed by atoms with Gasteiger partial charge in [0.1, 0.15) is 0 Å². The van der Waals surface area contributed by atoms with Gasteiger partial charge in [0.25, 0.3) is 5.91 Å². The first-order chi connectivity index (χ1) is 12.5. The van der Waals surface area contributed by atoms with Crippen molar-refractivity contribution in [2.24, 2.45) is 0 Å². The van der Waals surface area contributed by atoms with Gasteiger partial charge >= 0.3 is 0 Å². The third kappa shape index (κ3) is 4.56. The number of nitrogens with one attached hydrogen (secondary N) is 1. The third-order valence-corrected chi connectivity index (χ3v) is 5.64. The molecule has 132 valence electrons. The van der Waals surface area contributed by atoms with Gasteiger partial charge in [0.15, 0.2) is 10.1 Å². The van der Waals surface area contributed by atoms with Gasteiger partial charge in [-0.05, 0) is 31.5 Å². The molecule has 0 aliphatic heterocycles. The highest BCUT2D eigenvalue weighted by Gasteiger charge is 2.13. The van der Waals surface area contributed by atoms with Gasteiger partial charge in [0.2, 0.25) is 5.13 Å². The quantitative estimate of drug-likeness (QED) is 0.388. The van der Waals surface area contributed by atoms with Gasteiger partial charge in [-0.2, -0.15) is 0 Å². The average molecular weight is 383 g/mol. The highest BCUT2D eigenvalue weighted by Crippen LogP contribution is 2.27. The molecule has 0 saturated heterocycles. The van der Waals surface area contributed by atoms with E-state index in [2.05, 4.69) is 15.5 Å². The maximum atomic E-state index is 12.4. The minimum Gasteiger partial charge on any atom is -0.296 e. The summed E-state index contributed by atoms with van der Waals surface area (Å²) in [5.41, 5.74) is 3.39. The van der Waals surface area contributed by atoms with Gasteiger partial charge in [-0.3, -0.25) is 14.9 Å². The molecule has 0 saturated carbocycles. The lowest BCUT2D eigenvalue weighted by atomic mass is 10.0. The van der Waals surface area contributed by atoms with Crippen LogP contribution in [0.4, 0.5) is 5.13 Å². The Morgan fingerprint density at radius 2 is 1.85 bits per heavy atom. The molecule has 0 aliphatic carbocycles. The van der Waals surface area contributed by atoms with Crippen LogP contribution in [0.5, 0.6) is 0 Å². The number of nitrogens with zero attached hydrogens (tertiary/aromatic N) is 2. The Kier molecular flexibility index (Phi) is 5.80. The van der Waals surface area contributed by atoms with Crippen LogP contribution in [0.3, 0.4) is 0 Å². The summed E-state index contributed by atoms with van der Waals surface area (Å²) in [5, 5.41) is 11.1. The Morgan fingerprint density at radius 3 is 2.58 bits per heavy atom. The van der Waals surface area contributed by atoms with Crippen molar-refractivity contribution >= 4 is 39.9 Å². The van der Waals surface area contributed by atoms with Crippen molar-refractivity contribution in [2.75, 3.05) is 11.1 Å². The molecule has 0 spiro atoms. The predicted molar refractivity (Wildman–Crippen MR) is 105 cm³/mol. The molecule has 0 atom stereocenters. The van der Waals surface area contributed by atoms with Crippen LogP contribution in [-0.2, 0) is 0 Å². The summed E-state index contributed by atoms with van der Waals surface area (Å²) >= 11 is 2.58. The summed E-state index contributed by atoms with van der Waals surface area (Å²) in [6.07, 6.45) is 0. The lowest BCUT2D eigenvalue weighted by molar-refractivity contribution is 0.101. The van der Waals surface area contributed by atoms with Crippen LogP contribution >= 0.6 is 23.1 Å². The number of rotatable bonds is 6. The van der Waals surface area contributed by atoms with Crippen molar-refractivity contribution in [1.29, 1.82) is 0 Å². The van der Waals surface area contributed by atoms with Gasteiger partial charge in [-0.1, -0.05) is 65.1 Å². The van der Waals surface area contributed by atoms with Crippen LogP contribution in [0.1, 0.15) is 31.8 Å². The minimum absolute atomic E-state index is 0.0533. The second-order valence-electron chi connectivity index (χ2n) is 5.72. The Balaban J connectivity index is 1.58. The fourth-order valence-corrected chi connectivity index (χ4v) is 4.04. The molecule has 1 aromatic heterocycles. The van der Waals surface area contributed by atoms with E-state index in [0.717, 1.165) is 16.7 Å². The smallest absolute Gasteiger partial charge is 0.257 e. The molecule has 3 rings (SSSR count). The van der Waals surface area contributed by atoms with E-state index in [4.69, 9.17) is 0 Å². The van der Waals surface area contributed by atoms with E-state index in [1.165, 1.54) is 23.1 Å². The van der Waals surface area contributed by atoms with Crippen molar-refractivity contribution in [3.05, 3.63) is 70.8 Å². The zero-order valence-electron chi connectivity index (χ0n) is 14.4. The summed E-state index contributed by atoms with van der Waals surface area (Å²) in [6.45, 7) is 3.94. The van der Waals surface area contributed by atoms with Crippen LogP contribution in [0.25, 0.3) is 0 Å². The highest BCUT2D eigenvalue weighted by atomic mass is 32.2. The Hall–Kier alpha value is -2.51. The van der Waals surface area contributed by atoms with Crippen LogP contribution in [-0.4, -0.2) is 27.6 Å². The monoisotopic (exact) mass is 383 g/mol. The number of carbonyl (C=O) groups excluding carboxylic acids is 2. The number of ketones is 1. The molecule has 3 aromatic rings. The molecule has 0 unspecified atom stereocenters. The van der Waals surface area contributed by atoms with Crippen molar-refractivity contribution in [3.63, 3.8) is 0 Å². The zero-order chi connectivity index (χ0) is 18.5. The Bertz CT molecular complexity index is 939. The lowest BCUT2D eigenvalue weighted by Gasteiger charge is -2.04. The van der Waals surface area contributed by atoms with E-state index in [0.29, 0.717) is 15.0 Å². The van der Waals surface area contributed by atoms with Crippen LogP contribution in [0.15, 0.2) is 52.9 Å². The lowest BCUT2D eigenvalue weighted by Crippen LogP contribution is -2.11. The summed E-state index contributed by atoms with van der Waals surface area (Å²) < 4.78 is 0.645. The number of amides is 1. The molecule has 0 fully saturated rings. The number of anilines is 1. The second kappa shape index (κ2) is 8.25. The van der Waals surface area contributed by atoms with Gasteiger partial charge in [0, 0.05) is 11.1 Å². The van der Waals surface area contributed by atoms with E-state index < -0.39 is 0 Å².